The third kappa shape index (κ3) is 5.30. The lowest BCUT2D eigenvalue weighted by Crippen LogP contribution is -2.28. The van der Waals surface area contributed by atoms with Gasteiger partial charge in [0.2, 0.25) is 10.0 Å². The molecule has 0 atom stereocenters. The average Bonchev–Trinajstić information content (AvgIpc) is 3.01. The molecule has 1 aromatic heterocycles. The summed E-state index contributed by atoms with van der Waals surface area (Å²) in [6, 6.07) is 7.73. The van der Waals surface area contributed by atoms with E-state index in [9.17, 15) is 8.42 Å². The number of unbranched alkanes of at least 4 members (excludes halogenated alkanes) is 1. The Kier molecular flexibility index (Phi) is 6.56. The molecule has 0 saturated heterocycles. The van der Waals surface area contributed by atoms with Crippen molar-refractivity contribution in [3.8, 4) is 16.3 Å². The van der Waals surface area contributed by atoms with E-state index in [1.54, 1.807) is 7.11 Å². The highest BCUT2D eigenvalue weighted by Gasteiger charge is 2.11. The van der Waals surface area contributed by atoms with E-state index in [1.807, 2.05) is 36.6 Å². The fourth-order valence-electron chi connectivity index (χ4n) is 2.11. The van der Waals surface area contributed by atoms with Gasteiger partial charge in [-0.1, -0.05) is 25.5 Å². The van der Waals surface area contributed by atoms with Gasteiger partial charge in [-0.3, -0.25) is 0 Å². The lowest BCUT2D eigenvalue weighted by atomic mass is 10.2. The Morgan fingerprint density at radius 1 is 1.30 bits per heavy atom. The predicted molar refractivity (Wildman–Crippen MR) is 94.5 cm³/mol. The zero-order chi connectivity index (χ0) is 16.7. The van der Waals surface area contributed by atoms with Crippen LogP contribution in [0.2, 0.25) is 0 Å². The van der Waals surface area contributed by atoms with Crippen molar-refractivity contribution >= 4 is 21.4 Å². The van der Waals surface area contributed by atoms with Crippen LogP contribution in [0.4, 0.5) is 0 Å². The molecule has 2 aromatic rings. The first kappa shape index (κ1) is 17.9. The molecule has 23 heavy (non-hydrogen) atoms. The highest BCUT2D eigenvalue weighted by atomic mass is 32.2. The number of methoxy groups -OCH3 is 1. The molecule has 0 radical (unpaired) electrons. The third-order valence-electron chi connectivity index (χ3n) is 3.36. The first-order valence-corrected chi connectivity index (χ1v) is 10.1. The van der Waals surface area contributed by atoms with Gasteiger partial charge < -0.3 is 4.74 Å². The van der Waals surface area contributed by atoms with E-state index in [4.69, 9.17) is 4.74 Å². The van der Waals surface area contributed by atoms with E-state index >= 15 is 0 Å². The van der Waals surface area contributed by atoms with Crippen molar-refractivity contribution in [3.63, 3.8) is 0 Å². The number of hydrogen-bond donors (Lipinski definition) is 1. The number of para-hydroxylation sites is 1. The van der Waals surface area contributed by atoms with Crippen molar-refractivity contribution in [2.45, 2.75) is 26.2 Å². The number of nitrogens with zero attached hydrogens (tertiary/aromatic N) is 1. The number of benzene rings is 1. The molecular formula is C16H22N2O3S2. The molecule has 0 spiro atoms. The number of ether oxygens (including phenoxy) is 1. The van der Waals surface area contributed by atoms with Crippen LogP contribution >= 0.6 is 11.3 Å². The molecule has 0 aliphatic rings. The smallest absolute Gasteiger partial charge is 0.211 e. The molecule has 126 valence electrons. The van der Waals surface area contributed by atoms with Crippen LogP contribution in [-0.2, 0) is 16.4 Å². The molecule has 0 unspecified atom stereocenters. The largest absolute Gasteiger partial charge is 0.496 e. The Morgan fingerprint density at radius 3 is 2.83 bits per heavy atom. The summed E-state index contributed by atoms with van der Waals surface area (Å²) in [5, 5.41) is 2.84. The van der Waals surface area contributed by atoms with Crippen molar-refractivity contribution in [3.05, 3.63) is 35.3 Å². The van der Waals surface area contributed by atoms with Crippen molar-refractivity contribution < 1.29 is 13.2 Å². The van der Waals surface area contributed by atoms with Gasteiger partial charge in [-0.25, -0.2) is 18.1 Å². The Bertz CT molecular complexity index is 726. The van der Waals surface area contributed by atoms with Gasteiger partial charge in [-0.2, -0.15) is 0 Å². The second-order valence-corrected chi connectivity index (χ2v) is 7.95. The number of rotatable bonds is 9. The molecule has 0 aliphatic heterocycles. The molecule has 0 saturated carbocycles. The monoisotopic (exact) mass is 354 g/mol. The van der Waals surface area contributed by atoms with Crippen molar-refractivity contribution in [2.24, 2.45) is 0 Å². The predicted octanol–water partition coefficient (Wildman–Crippen LogP) is 3.08. The molecule has 2 rings (SSSR count). The number of thiazole rings is 1. The maximum absolute atomic E-state index is 11.7. The van der Waals surface area contributed by atoms with Gasteiger partial charge in [0.15, 0.2) is 0 Å². The van der Waals surface area contributed by atoms with Crippen LogP contribution in [0.1, 0.15) is 25.5 Å². The number of nitrogens with one attached hydrogen (secondary N) is 1. The first-order valence-electron chi connectivity index (χ1n) is 7.61. The molecular weight excluding hydrogens is 332 g/mol. The second kappa shape index (κ2) is 8.42. The summed E-state index contributed by atoms with van der Waals surface area (Å²) < 4.78 is 31.5. The number of hydrogen-bond acceptors (Lipinski definition) is 5. The third-order valence-corrected chi connectivity index (χ3v) is 5.75. The molecule has 5 nitrogen and oxygen atoms in total. The highest BCUT2D eigenvalue weighted by molar-refractivity contribution is 7.89. The van der Waals surface area contributed by atoms with Crippen LogP contribution in [0.15, 0.2) is 29.6 Å². The Labute approximate surface area is 141 Å². The first-order chi connectivity index (χ1) is 11.1. The second-order valence-electron chi connectivity index (χ2n) is 5.16. The van der Waals surface area contributed by atoms with Crippen LogP contribution in [0.3, 0.4) is 0 Å². The summed E-state index contributed by atoms with van der Waals surface area (Å²) in [6.45, 7) is 2.35. The Morgan fingerprint density at radius 2 is 2.09 bits per heavy atom. The van der Waals surface area contributed by atoms with Gasteiger partial charge in [0, 0.05) is 18.3 Å². The van der Waals surface area contributed by atoms with Crippen LogP contribution in [0, 0.1) is 0 Å². The molecule has 0 aliphatic carbocycles. The summed E-state index contributed by atoms with van der Waals surface area (Å²) in [4.78, 5) is 4.57. The Hall–Kier alpha value is -1.44. The lowest BCUT2D eigenvalue weighted by molar-refractivity contribution is 0.416. The zero-order valence-corrected chi connectivity index (χ0v) is 15.0. The minimum atomic E-state index is -3.16. The maximum Gasteiger partial charge on any atom is 0.211 e. The van der Waals surface area contributed by atoms with Crippen LogP contribution < -0.4 is 9.46 Å². The molecule has 1 heterocycles. The molecule has 1 aromatic carbocycles. The summed E-state index contributed by atoms with van der Waals surface area (Å²) in [5.74, 6) is 0.973. The van der Waals surface area contributed by atoms with Crippen LogP contribution in [-0.4, -0.2) is 32.8 Å². The average molecular weight is 354 g/mol. The fraction of sp³-hybridized carbons (Fsp3) is 0.438. The summed E-state index contributed by atoms with van der Waals surface area (Å²) in [7, 11) is -1.53. The van der Waals surface area contributed by atoms with Crippen molar-refractivity contribution in [2.75, 3.05) is 19.4 Å². The quantitative estimate of drug-likeness (QED) is 0.751. The summed E-state index contributed by atoms with van der Waals surface area (Å²) >= 11 is 1.54. The highest BCUT2D eigenvalue weighted by Crippen LogP contribution is 2.31. The Balaban J connectivity index is 1.95. The zero-order valence-electron chi connectivity index (χ0n) is 13.4. The van der Waals surface area contributed by atoms with E-state index in [0.717, 1.165) is 28.4 Å². The molecule has 7 heteroatoms. The van der Waals surface area contributed by atoms with Gasteiger partial charge >= 0.3 is 0 Å². The molecule has 0 amide bonds. The lowest BCUT2D eigenvalue weighted by Gasteiger charge is -2.05. The van der Waals surface area contributed by atoms with E-state index in [-0.39, 0.29) is 5.75 Å². The minimum Gasteiger partial charge on any atom is -0.496 e. The summed E-state index contributed by atoms with van der Waals surface area (Å²) in [6.07, 6.45) is 2.14. The number of sulfonamides is 1. The van der Waals surface area contributed by atoms with Gasteiger partial charge in [-0.05, 0) is 18.6 Å². The SMILES string of the molecule is CCCCS(=O)(=O)NCCc1csc(-c2ccccc2OC)n1. The molecule has 0 bridgehead atoms. The molecule has 0 fully saturated rings. The van der Waals surface area contributed by atoms with Crippen LogP contribution in [0.25, 0.3) is 10.6 Å². The fourth-order valence-corrected chi connectivity index (χ4v) is 4.22. The van der Waals surface area contributed by atoms with E-state index in [2.05, 4.69) is 9.71 Å². The van der Waals surface area contributed by atoms with E-state index in [0.29, 0.717) is 19.4 Å². The van der Waals surface area contributed by atoms with Gasteiger partial charge in [0.25, 0.3) is 0 Å². The topological polar surface area (TPSA) is 68.3 Å². The normalized spacial score (nSPS) is 11.6. The van der Waals surface area contributed by atoms with Crippen LogP contribution in [0.5, 0.6) is 5.75 Å². The van der Waals surface area contributed by atoms with E-state index < -0.39 is 10.0 Å². The minimum absolute atomic E-state index is 0.188. The number of aromatic nitrogens is 1. The van der Waals surface area contributed by atoms with E-state index in [1.165, 1.54) is 11.3 Å². The van der Waals surface area contributed by atoms with Gasteiger partial charge in [0.1, 0.15) is 10.8 Å². The maximum atomic E-state index is 11.7. The van der Waals surface area contributed by atoms with Gasteiger partial charge in [-0.15, -0.1) is 11.3 Å². The van der Waals surface area contributed by atoms with Crippen molar-refractivity contribution in [1.82, 2.24) is 9.71 Å². The van der Waals surface area contributed by atoms with Crippen molar-refractivity contribution in [1.29, 1.82) is 0 Å². The molecule has 1 N–H and O–H groups in total. The summed E-state index contributed by atoms with van der Waals surface area (Å²) in [5.41, 5.74) is 1.84. The standard InChI is InChI=1S/C16H22N2O3S2/c1-3-4-11-23(19,20)17-10-9-13-12-22-16(18-13)14-7-5-6-8-15(14)21-2/h5-8,12,17H,3-4,9-11H2,1-2H3. The van der Waals surface area contributed by atoms with Gasteiger partial charge in [0.05, 0.1) is 24.1 Å².